The third-order valence-corrected chi connectivity index (χ3v) is 2.05. The third-order valence-electron chi connectivity index (χ3n) is 1.73. The molecule has 4 nitrogen and oxygen atoms in total. The zero-order valence-corrected chi connectivity index (χ0v) is 8.86. The summed E-state index contributed by atoms with van der Waals surface area (Å²) < 4.78 is 4.88. The number of phenolic OH excluding ortho intramolecular Hbond substituents is 1. The van der Waals surface area contributed by atoms with Crippen LogP contribution < -0.4 is 4.74 Å². The number of carbonyl (C=O) groups is 1. The first-order chi connectivity index (χ1) is 7.04. The van der Waals surface area contributed by atoms with E-state index in [-0.39, 0.29) is 16.4 Å². The quantitative estimate of drug-likeness (QED) is 0.542. The highest BCUT2D eigenvalue weighted by molar-refractivity contribution is 7.85. The summed E-state index contributed by atoms with van der Waals surface area (Å²) in [4.78, 5) is 10.4. The van der Waals surface area contributed by atoms with Crippen molar-refractivity contribution in [3.05, 3.63) is 28.7 Å². The van der Waals surface area contributed by atoms with Gasteiger partial charge in [0.1, 0.15) is 0 Å². The Morgan fingerprint density at radius 2 is 2.20 bits per heavy atom. The standard InChI is InChI=1S/C10H10O4S/c1-14-8-4-6(2-3-7(8)11)5-9(15)10(12)13/h2-5,11,15H,1H3,(H,12,13)/b9-5+. The largest absolute Gasteiger partial charge is 0.504 e. The maximum atomic E-state index is 10.5. The van der Waals surface area contributed by atoms with Gasteiger partial charge in [-0.3, -0.25) is 0 Å². The van der Waals surface area contributed by atoms with E-state index in [2.05, 4.69) is 12.6 Å². The first-order valence-electron chi connectivity index (χ1n) is 4.05. The normalized spacial score (nSPS) is 11.2. The smallest absolute Gasteiger partial charge is 0.341 e. The van der Waals surface area contributed by atoms with Gasteiger partial charge < -0.3 is 14.9 Å². The van der Waals surface area contributed by atoms with Crippen LogP contribution in [0.2, 0.25) is 0 Å². The fourth-order valence-electron chi connectivity index (χ4n) is 1.00. The highest BCUT2D eigenvalue weighted by Gasteiger charge is 2.04. The fourth-order valence-corrected chi connectivity index (χ4v) is 1.15. The predicted octanol–water partition coefficient (Wildman–Crippen LogP) is 1.76. The van der Waals surface area contributed by atoms with Crippen molar-refractivity contribution >= 4 is 24.7 Å². The summed E-state index contributed by atoms with van der Waals surface area (Å²) in [6.07, 6.45) is 1.37. The minimum absolute atomic E-state index is 0.00527. The molecule has 1 aromatic carbocycles. The lowest BCUT2D eigenvalue weighted by Gasteiger charge is -2.03. The monoisotopic (exact) mass is 226 g/mol. The third kappa shape index (κ3) is 2.92. The lowest BCUT2D eigenvalue weighted by atomic mass is 10.2. The number of hydrogen-bond acceptors (Lipinski definition) is 4. The van der Waals surface area contributed by atoms with Gasteiger partial charge in [-0.25, -0.2) is 4.79 Å². The van der Waals surface area contributed by atoms with Gasteiger partial charge in [0.25, 0.3) is 0 Å². The predicted molar refractivity (Wildman–Crippen MR) is 59.3 cm³/mol. The van der Waals surface area contributed by atoms with E-state index >= 15 is 0 Å². The van der Waals surface area contributed by atoms with Crippen molar-refractivity contribution in [2.24, 2.45) is 0 Å². The Balaban J connectivity index is 3.07. The molecule has 0 atom stereocenters. The number of thiol groups is 1. The number of aliphatic carboxylic acids is 1. The Hall–Kier alpha value is -1.62. The number of benzene rings is 1. The van der Waals surface area contributed by atoms with Crippen molar-refractivity contribution < 1.29 is 19.7 Å². The van der Waals surface area contributed by atoms with Crippen LogP contribution in [0.25, 0.3) is 6.08 Å². The van der Waals surface area contributed by atoms with Gasteiger partial charge in [0.2, 0.25) is 0 Å². The van der Waals surface area contributed by atoms with Gasteiger partial charge in [0.15, 0.2) is 11.5 Å². The number of aromatic hydroxyl groups is 1. The van der Waals surface area contributed by atoms with E-state index in [4.69, 9.17) is 9.84 Å². The van der Waals surface area contributed by atoms with Crippen LogP contribution in [0.5, 0.6) is 11.5 Å². The molecule has 5 heteroatoms. The molecular weight excluding hydrogens is 216 g/mol. The number of methoxy groups -OCH3 is 1. The molecule has 80 valence electrons. The first-order valence-corrected chi connectivity index (χ1v) is 4.50. The Labute approximate surface area is 92.2 Å². The van der Waals surface area contributed by atoms with Gasteiger partial charge in [0, 0.05) is 0 Å². The summed E-state index contributed by atoms with van der Waals surface area (Å²) in [5.41, 5.74) is 0.594. The van der Waals surface area contributed by atoms with Gasteiger partial charge in [-0.2, -0.15) is 0 Å². The molecule has 0 aromatic heterocycles. The molecule has 1 aromatic rings. The molecule has 2 N–H and O–H groups in total. The second-order valence-corrected chi connectivity index (χ2v) is 3.25. The number of hydrogen-bond donors (Lipinski definition) is 3. The molecule has 1 rings (SSSR count). The molecule has 0 aliphatic carbocycles. The van der Waals surface area contributed by atoms with Crippen LogP contribution >= 0.6 is 12.6 Å². The lowest BCUT2D eigenvalue weighted by Crippen LogP contribution is -1.93. The average Bonchev–Trinajstić information content (AvgIpc) is 2.20. The van der Waals surface area contributed by atoms with Crippen LogP contribution in [0.3, 0.4) is 0 Å². The van der Waals surface area contributed by atoms with Gasteiger partial charge in [-0.05, 0) is 23.8 Å². The molecule has 0 heterocycles. The molecule has 0 saturated heterocycles. The Bertz CT molecular complexity index is 412. The topological polar surface area (TPSA) is 66.8 Å². The molecule has 0 spiro atoms. The Morgan fingerprint density at radius 1 is 1.53 bits per heavy atom. The van der Waals surface area contributed by atoms with E-state index in [1.165, 1.54) is 25.3 Å². The number of phenols is 1. The summed E-state index contributed by atoms with van der Waals surface area (Å²) in [6, 6.07) is 4.51. The van der Waals surface area contributed by atoms with E-state index < -0.39 is 5.97 Å². The van der Waals surface area contributed by atoms with Crippen LogP contribution in [0.15, 0.2) is 23.1 Å². The summed E-state index contributed by atoms with van der Waals surface area (Å²) in [7, 11) is 1.42. The summed E-state index contributed by atoms with van der Waals surface area (Å²) in [5, 5.41) is 17.9. The second kappa shape index (κ2) is 4.75. The minimum Gasteiger partial charge on any atom is -0.504 e. The average molecular weight is 226 g/mol. The Kier molecular flexibility index (Phi) is 3.62. The van der Waals surface area contributed by atoms with E-state index in [1.54, 1.807) is 6.07 Å². The minimum atomic E-state index is -1.11. The first kappa shape index (κ1) is 11.5. The highest BCUT2D eigenvalue weighted by atomic mass is 32.1. The highest BCUT2D eigenvalue weighted by Crippen LogP contribution is 2.27. The van der Waals surface area contributed by atoms with Crippen molar-refractivity contribution in [3.63, 3.8) is 0 Å². The molecule has 0 bridgehead atoms. The van der Waals surface area contributed by atoms with Crippen molar-refractivity contribution in [2.75, 3.05) is 7.11 Å². The van der Waals surface area contributed by atoms with Crippen molar-refractivity contribution in [2.45, 2.75) is 0 Å². The van der Waals surface area contributed by atoms with E-state index in [9.17, 15) is 9.90 Å². The van der Waals surface area contributed by atoms with Crippen LogP contribution in [-0.2, 0) is 4.79 Å². The molecule has 15 heavy (non-hydrogen) atoms. The van der Waals surface area contributed by atoms with Gasteiger partial charge in [-0.15, -0.1) is 12.6 Å². The van der Waals surface area contributed by atoms with Gasteiger partial charge in [0.05, 0.1) is 12.0 Å². The molecular formula is C10H10O4S. The van der Waals surface area contributed by atoms with Crippen LogP contribution in [-0.4, -0.2) is 23.3 Å². The van der Waals surface area contributed by atoms with E-state index in [0.29, 0.717) is 5.56 Å². The lowest BCUT2D eigenvalue weighted by molar-refractivity contribution is -0.131. The molecule has 0 aliphatic rings. The maximum Gasteiger partial charge on any atom is 0.341 e. The van der Waals surface area contributed by atoms with Crippen molar-refractivity contribution in [1.29, 1.82) is 0 Å². The Morgan fingerprint density at radius 3 is 2.73 bits per heavy atom. The van der Waals surface area contributed by atoms with Crippen molar-refractivity contribution in [1.82, 2.24) is 0 Å². The SMILES string of the molecule is COc1cc(/C=C(/S)C(=O)O)ccc1O. The van der Waals surface area contributed by atoms with Gasteiger partial charge >= 0.3 is 5.97 Å². The van der Waals surface area contributed by atoms with Crippen LogP contribution in [0.1, 0.15) is 5.56 Å². The number of rotatable bonds is 3. The number of carboxylic acid groups (broad SMARTS) is 1. The maximum absolute atomic E-state index is 10.5. The molecule has 0 saturated carbocycles. The number of ether oxygens (including phenoxy) is 1. The fraction of sp³-hybridized carbons (Fsp3) is 0.100. The molecule has 0 unspecified atom stereocenters. The van der Waals surface area contributed by atoms with E-state index in [0.717, 1.165) is 0 Å². The molecule has 0 radical (unpaired) electrons. The van der Waals surface area contributed by atoms with Gasteiger partial charge in [-0.1, -0.05) is 6.07 Å². The van der Waals surface area contributed by atoms with E-state index in [1.807, 2.05) is 0 Å². The summed E-state index contributed by atoms with van der Waals surface area (Å²) in [5.74, 6) is -0.814. The zero-order chi connectivity index (χ0) is 11.4. The summed E-state index contributed by atoms with van der Waals surface area (Å²) >= 11 is 3.78. The zero-order valence-electron chi connectivity index (χ0n) is 7.97. The molecule has 0 amide bonds. The molecule has 0 fully saturated rings. The van der Waals surface area contributed by atoms with Crippen LogP contribution in [0.4, 0.5) is 0 Å². The molecule has 0 aliphatic heterocycles. The number of carboxylic acids is 1. The van der Waals surface area contributed by atoms with Crippen molar-refractivity contribution in [3.8, 4) is 11.5 Å². The second-order valence-electron chi connectivity index (χ2n) is 2.77. The van der Waals surface area contributed by atoms with Crippen LogP contribution in [0, 0.1) is 0 Å². The summed E-state index contributed by atoms with van der Waals surface area (Å²) in [6.45, 7) is 0.